The lowest BCUT2D eigenvalue weighted by molar-refractivity contribution is -0.137. The molecule has 2 unspecified atom stereocenters. The van der Waals surface area contributed by atoms with Gasteiger partial charge < -0.3 is 10.2 Å². The second-order valence-corrected chi connectivity index (χ2v) is 6.46. The molecule has 2 aliphatic rings. The van der Waals surface area contributed by atoms with Gasteiger partial charge in [-0.3, -0.25) is 14.5 Å². The predicted molar refractivity (Wildman–Crippen MR) is 87.4 cm³/mol. The summed E-state index contributed by atoms with van der Waals surface area (Å²) in [5.41, 5.74) is 0. The van der Waals surface area contributed by atoms with Crippen LogP contribution >= 0.6 is 0 Å². The molecule has 1 saturated heterocycles. The summed E-state index contributed by atoms with van der Waals surface area (Å²) in [6, 6.07) is 0.231. The molecule has 1 N–H and O–H groups in total. The fraction of sp³-hybridized carbons (Fsp3) is 0.765. The van der Waals surface area contributed by atoms with Crippen LogP contribution < -0.4 is 5.32 Å². The first-order valence-corrected chi connectivity index (χ1v) is 8.55. The molecule has 0 saturated carbocycles. The highest BCUT2D eigenvalue weighted by atomic mass is 16.2. The molecule has 1 heterocycles. The van der Waals surface area contributed by atoms with Gasteiger partial charge in [-0.15, -0.1) is 0 Å². The minimum absolute atomic E-state index is 0.0894. The van der Waals surface area contributed by atoms with E-state index in [1.54, 1.807) is 0 Å². The van der Waals surface area contributed by atoms with E-state index in [0.29, 0.717) is 12.5 Å². The lowest BCUT2D eigenvalue weighted by Crippen LogP contribution is -2.52. The predicted octanol–water partition coefficient (Wildman–Crippen LogP) is 1.40. The number of hydrogen-bond acceptors (Lipinski definition) is 3. The maximum atomic E-state index is 12.5. The molecule has 0 aromatic rings. The molecule has 5 heteroatoms. The monoisotopic (exact) mass is 307 g/mol. The topological polar surface area (TPSA) is 52.7 Å². The van der Waals surface area contributed by atoms with Crippen molar-refractivity contribution < 1.29 is 9.59 Å². The smallest absolute Gasteiger partial charge is 0.234 e. The molecule has 124 valence electrons. The number of amides is 2. The maximum absolute atomic E-state index is 12.5. The van der Waals surface area contributed by atoms with Gasteiger partial charge in [0.05, 0.1) is 6.54 Å². The Morgan fingerprint density at radius 1 is 1.23 bits per heavy atom. The Morgan fingerprint density at radius 2 is 1.95 bits per heavy atom. The third-order valence-corrected chi connectivity index (χ3v) is 4.69. The van der Waals surface area contributed by atoms with Crippen molar-refractivity contribution in [3.8, 4) is 0 Å². The minimum Gasteiger partial charge on any atom is -0.353 e. The Kier molecular flexibility index (Phi) is 6.43. The Labute approximate surface area is 133 Å². The zero-order chi connectivity index (χ0) is 15.9. The number of carbonyl (C=O) groups excluding carboxylic acids is 2. The zero-order valence-electron chi connectivity index (χ0n) is 13.9. The van der Waals surface area contributed by atoms with Crippen LogP contribution in [0.1, 0.15) is 39.5 Å². The van der Waals surface area contributed by atoms with Crippen LogP contribution in [0.3, 0.4) is 0 Å². The molecule has 2 atom stereocenters. The molecule has 0 aromatic heterocycles. The third kappa shape index (κ3) is 4.83. The van der Waals surface area contributed by atoms with Crippen LogP contribution in [0.25, 0.3) is 0 Å². The summed E-state index contributed by atoms with van der Waals surface area (Å²) in [5, 5.41) is 2.99. The van der Waals surface area contributed by atoms with Crippen LogP contribution in [0.2, 0.25) is 0 Å². The largest absolute Gasteiger partial charge is 0.353 e. The van der Waals surface area contributed by atoms with E-state index in [-0.39, 0.29) is 17.9 Å². The number of carbonyl (C=O) groups is 2. The van der Waals surface area contributed by atoms with Crippen LogP contribution in [-0.4, -0.2) is 60.4 Å². The van der Waals surface area contributed by atoms with Crippen molar-refractivity contribution in [1.29, 1.82) is 0 Å². The summed E-state index contributed by atoms with van der Waals surface area (Å²) in [7, 11) is 0. The summed E-state index contributed by atoms with van der Waals surface area (Å²) in [4.78, 5) is 28.5. The maximum Gasteiger partial charge on any atom is 0.234 e. The van der Waals surface area contributed by atoms with Crippen LogP contribution in [0.5, 0.6) is 0 Å². The van der Waals surface area contributed by atoms with E-state index in [1.807, 2.05) is 11.8 Å². The van der Waals surface area contributed by atoms with Gasteiger partial charge in [0.1, 0.15) is 0 Å². The first-order valence-electron chi connectivity index (χ1n) is 8.55. The molecule has 2 rings (SSSR count). The van der Waals surface area contributed by atoms with E-state index in [1.165, 1.54) is 0 Å². The Bertz CT molecular complexity index is 414. The number of rotatable bonds is 5. The summed E-state index contributed by atoms with van der Waals surface area (Å²) in [6.07, 6.45) is 8.12. The molecular formula is C17H29N3O2. The highest BCUT2D eigenvalue weighted by Crippen LogP contribution is 2.21. The Hall–Kier alpha value is -1.36. The van der Waals surface area contributed by atoms with Crippen LogP contribution in [-0.2, 0) is 9.59 Å². The van der Waals surface area contributed by atoms with Gasteiger partial charge in [0.25, 0.3) is 0 Å². The van der Waals surface area contributed by atoms with Gasteiger partial charge in [-0.2, -0.15) is 0 Å². The second-order valence-electron chi connectivity index (χ2n) is 6.46. The quantitative estimate of drug-likeness (QED) is 0.781. The number of allylic oxidation sites excluding steroid dienone is 2. The summed E-state index contributed by atoms with van der Waals surface area (Å²) in [6.45, 7) is 7.61. The van der Waals surface area contributed by atoms with Crippen molar-refractivity contribution in [3.05, 3.63) is 12.2 Å². The van der Waals surface area contributed by atoms with E-state index in [2.05, 4.69) is 29.3 Å². The summed E-state index contributed by atoms with van der Waals surface area (Å²) >= 11 is 0. The summed E-state index contributed by atoms with van der Waals surface area (Å²) < 4.78 is 0. The minimum atomic E-state index is 0.0894. The average molecular weight is 307 g/mol. The van der Waals surface area contributed by atoms with Crippen LogP contribution in [0.15, 0.2) is 12.2 Å². The van der Waals surface area contributed by atoms with Gasteiger partial charge in [-0.25, -0.2) is 0 Å². The highest BCUT2D eigenvalue weighted by molar-refractivity contribution is 5.80. The third-order valence-electron chi connectivity index (χ3n) is 4.69. The normalized spacial score (nSPS) is 24.1. The number of nitrogens with zero attached hydrogens (tertiary/aromatic N) is 2. The van der Waals surface area contributed by atoms with E-state index >= 15 is 0 Å². The van der Waals surface area contributed by atoms with E-state index < -0.39 is 0 Å². The van der Waals surface area contributed by atoms with Crippen molar-refractivity contribution in [1.82, 2.24) is 15.1 Å². The van der Waals surface area contributed by atoms with Gasteiger partial charge in [-0.05, 0) is 32.6 Å². The first kappa shape index (κ1) is 17.0. The lowest BCUT2D eigenvalue weighted by Gasteiger charge is -2.36. The summed E-state index contributed by atoms with van der Waals surface area (Å²) in [5.74, 6) is 0.560. The van der Waals surface area contributed by atoms with Gasteiger partial charge in [0.15, 0.2) is 0 Å². The van der Waals surface area contributed by atoms with Crippen molar-refractivity contribution in [2.45, 2.75) is 45.6 Å². The molecule has 0 radical (unpaired) electrons. The van der Waals surface area contributed by atoms with Crippen molar-refractivity contribution in [2.75, 3.05) is 32.7 Å². The Balaban J connectivity index is 1.72. The second kappa shape index (κ2) is 8.32. The number of piperazine rings is 1. The van der Waals surface area contributed by atoms with Crippen LogP contribution in [0, 0.1) is 5.92 Å². The van der Waals surface area contributed by atoms with E-state index in [9.17, 15) is 9.59 Å². The van der Waals surface area contributed by atoms with Crippen molar-refractivity contribution in [2.24, 2.45) is 5.92 Å². The molecule has 0 aromatic carbocycles. The molecular weight excluding hydrogens is 278 g/mol. The standard InChI is InChI=1S/C17H29N3O2/c1-3-14(2)18-16(21)13-19-9-11-20(12-10-19)17(22)15-7-5-4-6-8-15/h4-5,14-15H,3,6-13H2,1-2H3,(H,18,21). The average Bonchev–Trinajstić information content (AvgIpc) is 2.55. The van der Waals surface area contributed by atoms with Crippen molar-refractivity contribution >= 4 is 11.8 Å². The van der Waals surface area contributed by atoms with Gasteiger partial charge in [0, 0.05) is 38.1 Å². The molecule has 22 heavy (non-hydrogen) atoms. The van der Waals surface area contributed by atoms with Gasteiger partial charge in [-0.1, -0.05) is 19.1 Å². The van der Waals surface area contributed by atoms with Crippen molar-refractivity contribution in [3.63, 3.8) is 0 Å². The fourth-order valence-electron chi connectivity index (χ4n) is 3.03. The fourth-order valence-corrected chi connectivity index (χ4v) is 3.03. The molecule has 0 bridgehead atoms. The lowest BCUT2D eigenvalue weighted by atomic mass is 9.93. The first-order chi connectivity index (χ1) is 10.6. The van der Waals surface area contributed by atoms with Gasteiger partial charge in [0.2, 0.25) is 11.8 Å². The number of nitrogens with one attached hydrogen (secondary N) is 1. The molecule has 2 amide bonds. The SMILES string of the molecule is CCC(C)NC(=O)CN1CCN(C(=O)C2CC=CCC2)CC1. The molecule has 1 fully saturated rings. The molecule has 1 aliphatic carbocycles. The van der Waals surface area contributed by atoms with E-state index in [4.69, 9.17) is 0 Å². The van der Waals surface area contributed by atoms with Crippen LogP contribution in [0.4, 0.5) is 0 Å². The molecule has 0 spiro atoms. The highest BCUT2D eigenvalue weighted by Gasteiger charge is 2.27. The zero-order valence-corrected chi connectivity index (χ0v) is 13.9. The number of hydrogen-bond donors (Lipinski definition) is 1. The molecule has 5 nitrogen and oxygen atoms in total. The Morgan fingerprint density at radius 3 is 2.55 bits per heavy atom. The van der Waals surface area contributed by atoms with Gasteiger partial charge >= 0.3 is 0 Å². The van der Waals surface area contributed by atoms with E-state index in [0.717, 1.165) is 51.9 Å². The molecule has 1 aliphatic heterocycles.